The van der Waals surface area contributed by atoms with E-state index < -0.39 is 0 Å². The summed E-state index contributed by atoms with van der Waals surface area (Å²) in [6.45, 7) is 1.01. The standard InChI is InChI=1S/C25H24N2O2/c28-24-16-22(18-27(24)17-20-11-5-2-6-12-20)25(29)26-23-14-8-7-13-21(23)15-19-9-3-1-4-10-19/h1-14,22H,15-18H2,(H,26,29)/t22-/m0/s1. The first-order chi connectivity index (χ1) is 14.2. The van der Waals surface area contributed by atoms with E-state index >= 15 is 0 Å². The fraction of sp³-hybridized carbons (Fsp3) is 0.200. The molecule has 1 aliphatic rings. The molecule has 4 rings (SSSR count). The third-order valence-corrected chi connectivity index (χ3v) is 5.31. The highest BCUT2D eigenvalue weighted by atomic mass is 16.2. The fourth-order valence-corrected chi connectivity index (χ4v) is 3.75. The van der Waals surface area contributed by atoms with Crippen LogP contribution in [0.3, 0.4) is 0 Å². The molecule has 146 valence electrons. The minimum Gasteiger partial charge on any atom is -0.338 e. The molecule has 3 aromatic rings. The normalized spacial score (nSPS) is 16.1. The number of carbonyl (C=O) groups excluding carboxylic acids is 2. The number of hydrogen-bond donors (Lipinski definition) is 1. The summed E-state index contributed by atoms with van der Waals surface area (Å²) in [4.78, 5) is 27.0. The Balaban J connectivity index is 1.42. The number of anilines is 1. The fourth-order valence-electron chi connectivity index (χ4n) is 3.75. The van der Waals surface area contributed by atoms with Gasteiger partial charge in [0.2, 0.25) is 11.8 Å². The maximum Gasteiger partial charge on any atom is 0.229 e. The average Bonchev–Trinajstić information content (AvgIpc) is 3.11. The summed E-state index contributed by atoms with van der Waals surface area (Å²) in [5.41, 5.74) is 4.15. The van der Waals surface area contributed by atoms with Crippen LogP contribution >= 0.6 is 0 Å². The van der Waals surface area contributed by atoms with Crippen LogP contribution in [-0.4, -0.2) is 23.3 Å². The van der Waals surface area contributed by atoms with Crippen molar-refractivity contribution in [2.24, 2.45) is 5.92 Å². The van der Waals surface area contributed by atoms with Gasteiger partial charge < -0.3 is 10.2 Å². The first-order valence-electron chi connectivity index (χ1n) is 9.93. The Bertz CT molecular complexity index is 986. The van der Waals surface area contributed by atoms with Gasteiger partial charge in [0.05, 0.1) is 5.92 Å². The second-order valence-corrected chi connectivity index (χ2v) is 7.47. The molecule has 0 bridgehead atoms. The van der Waals surface area contributed by atoms with Crippen molar-refractivity contribution in [3.8, 4) is 0 Å². The van der Waals surface area contributed by atoms with Crippen LogP contribution in [0.4, 0.5) is 5.69 Å². The van der Waals surface area contributed by atoms with Gasteiger partial charge in [0, 0.05) is 25.2 Å². The summed E-state index contributed by atoms with van der Waals surface area (Å²) in [5.74, 6) is -0.378. The van der Waals surface area contributed by atoms with Gasteiger partial charge in [-0.05, 0) is 29.2 Å². The summed E-state index contributed by atoms with van der Waals surface area (Å²) in [7, 11) is 0. The lowest BCUT2D eigenvalue weighted by Crippen LogP contribution is -2.28. The molecule has 1 fully saturated rings. The number of rotatable bonds is 6. The van der Waals surface area contributed by atoms with E-state index in [-0.39, 0.29) is 24.2 Å². The zero-order valence-corrected chi connectivity index (χ0v) is 16.3. The van der Waals surface area contributed by atoms with Crippen molar-refractivity contribution in [2.45, 2.75) is 19.4 Å². The summed E-state index contributed by atoms with van der Waals surface area (Å²) in [5, 5.41) is 3.06. The van der Waals surface area contributed by atoms with Crippen LogP contribution < -0.4 is 5.32 Å². The molecule has 1 N–H and O–H groups in total. The Hall–Kier alpha value is -3.40. The van der Waals surface area contributed by atoms with Crippen molar-refractivity contribution in [3.63, 3.8) is 0 Å². The number of carbonyl (C=O) groups is 2. The highest BCUT2D eigenvalue weighted by molar-refractivity contribution is 5.97. The second kappa shape index (κ2) is 8.74. The van der Waals surface area contributed by atoms with Crippen LogP contribution in [0.25, 0.3) is 0 Å². The molecule has 1 atom stereocenters. The van der Waals surface area contributed by atoms with Crippen molar-refractivity contribution in [1.29, 1.82) is 0 Å². The van der Waals surface area contributed by atoms with Crippen molar-refractivity contribution in [1.82, 2.24) is 4.90 Å². The molecule has 0 aromatic heterocycles. The molecule has 4 nitrogen and oxygen atoms in total. The predicted octanol–water partition coefficient (Wildman–Crippen LogP) is 4.26. The lowest BCUT2D eigenvalue weighted by molar-refractivity contribution is -0.128. The van der Waals surface area contributed by atoms with Gasteiger partial charge in [-0.2, -0.15) is 0 Å². The van der Waals surface area contributed by atoms with E-state index in [2.05, 4.69) is 17.4 Å². The van der Waals surface area contributed by atoms with Gasteiger partial charge in [0.1, 0.15) is 0 Å². The zero-order valence-electron chi connectivity index (χ0n) is 16.3. The van der Waals surface area contributed by atoms with E-state index in [9.17, 15) is 9.59 Å². The van der Waals surface area contributed by atoms with Gasteiger partial charge >= 0.3 is 0 Å². The van der Waals surface area contributed by atoms with E-state index in [1.165, 1.54) is 5.56 Å². The first-order valence-corrected chi connectivity index (χ1v) is 9.93. The first kappa shape index (κ1) is 18.9. The lowest BCUT2D eigenvalue weighted by Gasteiger charge is -2.17. The molecule has 1 aliphatic heterocycles. The molecular formula is C25H24N2O2. The molecule has 0 unspecified atom stereocenters. The van der Waals surface area contributed by atoms with Gasteiger partial charge in [-0.3, -0.25) is 9.59 Å². The number of nitrogens with one attached hydrogen (secondary N) is 1. The molecule has 29 heavy (non-hydrogen) atoms. The van der Waals surface area contributed by atoms with Crippen molar-refractivity contribution in [3.05, 3.63) is 102 Å². The van der Waals surface area contributed by atoms with E-state index in [0.717, 1.165) is 23.2 Å². The van der Waals surface area contributed by atoms with Gasteiger partial charge in [0.25, 0.3) is 0 Å². The molecule has 0 radical (unpaired) electrons. The minimum absolute atomic E-state index is 0.0339. The maximum atomic E-state index is 12.9. The molecule has 0 aliphatic carbocycles. The molecule has 4 heteroatoms. The number of nitrogens with zero attached hydrogens (tertiary/aromatic N) is 1. The van der Waals surface area contributed by atoms with Crippen LogP contribution in [0.1, 0.15) is 23.1 Å². The van der Waals surface area contributed by atoms with E-state index in [1.807, 2.05) is 72.8 Å². The van der Waals surface area contributed by atoms with Gasteiger partial charge in [-0.25, -0.2) is 0 Å². The summed E-state index contributed by atoms with van der Waals surface area (Å²) in [6.07, 6.45) is 1.01. The predicted molar refractivity (Wildman–Crippen MR) is 114 cm³/mol. The number of hydrogen-bond acceptors (Lipinski definition) is 2. The smallest absolute Gasteiger partial charge is 0.229 e. The highest BCUT2D eigenvalue weighted by Gasteiger charge is 2.34. The Morgan fingerprint density at radius 3 is 2.21 bits per heavy atom. The van der Waals surface area contributed by atoms with E-state index in [1.54, 1.807) is 4.90 Å². The number of para-hydroxylation sites is 1. The van der Waals surface area contributed by atoms with Crippen molar-refractivity contribution < 1.29 is 9.59 Å². The van der Waals surface area contributed by atoms with Crippen molar-refractivity contribution >= 4 is 17.5 Å². The Kier molecular flexibility index (Phi) is 5.71. The largest absolute Gasteiger partial charge is 0.338 e. The van der Waals surface area contributed by atoms with Gasteiger partial charge in [0.15, 0.2) is 0 Å². The maximum absolute atomic E-state index is 12.9. The van der Waals surface area contributed by atoms with Crippen LogP contribution in [0.2, 0.25) is 0 Å². The number of likely N-dealkylation sites (tertiary alicyclic amines) is 1. The van der Waals surface area contributed by atoms with Crippen LogP contribution in [0.15, 0.2) is 84.9 Å². The summed E-state index contributed by atoms with van der Waals surface area (Å²) < 4.78 is 0. The monoisotopic (exact) mass is 384 g/mol. The summed E-state index contributed by atoms with van der Waals surface area (Å²) >= 11 is 0. The SMILES string of the molecule is O=C(Nc1ccccc1Cc1ccccc1)[C@H]1CC(=O)N(Cc2ccccc2)C1. The second-order valence-electron chi connectivity index (χ2n) is 7.47. The molecule has 1 saturated heterocycles. The third-order valence-electron chi connectivity index (χ3n) is 5.31. The van der Waals surface area contributed by atoms with Gasteiger partial charge in [-0.1, -0.05) is 78.9 Å². The number of amides is 2. The molecular weight excluding hydrogens is 360 g/mol. The highest BCUT2D eigenvalue weighted by Crippen LogP contribution is 2.24. The van der Waals surface area contributed by atoms with Crippen LogP contribution in [-0.2, 0) is 22.6 Å². The minimum atomic E-state index is -0.323. The molecule has 3 aromatic carbocycles. The summed E-state index contributed by atoms with van der Waals surface area (Å²) in [6, 6.07) is 27.9. The number of benzene rings is 3. The zero-order chi connectivity index (χ0) is 20.1. The van der Waals surface area contributed by atoms with Crippen LogP contribution in [0.5, 0.6) is 0 Å². The molecule has 0 spiro atoms. The molecule has 0 saturated carbocycles. The van der Waals surface area contributed by atoms with E-state index in [0.29, 0.717) is 13.1 Å². The van der Waals surface area contributed by atoms with Gasteiger partial charge in [-0.15, -0.1) is 0 Å². The average molecular weight is 384 g/mol. The molecule has 1 heterocycles. The van der Waals surface area contributed by atoms with Crippen LogP contribution in [0, 0.1) is 5.92 Å². The molecule has 2 amide bonds. The van der Waals surface area contributed by atoms with E-state index in [4.69, 9.17) is 0 Å². The Labute approximate surface area is 171 Å². The topological polar surface area (TPSA) is 49.4 Å². The quantitative estimate of drug-likeness (QED) is 0.690. The lowest BCUT2D eigenvalue weighted by atomic mass is 10.0. The Morgan fingerprint density at radius 1 is 0.862 bits per heavy atom. The Morgan fingerprint density at radius 2 is 1.48 bits per heavy atom. The van der Waals surface area contributed by atoms with Crippen molar-refractivity contribution in [2.75, 3.05) is 11.9 Å². The third kappa shape index (κ3) is 4.72.